The maximum atomic E-state index is 12.6. The number of aromatic nitrogens is 4. The molecule has 1 aromatic heterocycles. The van der Waals surface area contributed by atoms with Crippen LogP contribution in [0.5, 0.6) is 0 Å². The number of hydrogen-bond acceptors (Lipinski definition) is 4. The van der Waals surface area contributed by atoms with Crippen molar-refractivity contribution in [2.24, 2.45) is 7.05 Å². The van der Waals surface area contributed by atoms with Crippen molar-refractivity contribution < 1.29 is 4.79 Å². The number of rotatable bonds is 3. The Kier molecular flexibility index (Phi) is 3.70. The number of hydrogen-bond donors (Lipinski definition) is 1. The predicted molar refractivity (Wildman–Crippen MR) is 96.1 cm³/mol. The first-order valence-corrected chi connectivity index (χ1v) is 7.84. The number of anilines is 1. The summed E-state index contributed by atoms with van der Waals surface area (Å²) in [7, 11) is 1.77. The first kappa shape index (κ1) is 15.0. The smallest absolute Gasteiger partial charge is 0.255 e. The van der Waals surface area contributed by atoms with Gasteiger partial charge in [-0.05, 0) is 45.5 Å². The van der Waals surface area contributed by atoms with Gasteiger partial charge in [-0.15, -0.1) is 5.10 Å². The molecule has 6 heteroatoms. The highest BCUT2D eigenvalue weighted by Crippen LogP contribution is 2.21. The van der Waals surface area contributed by atoms with Crippen LogP contribution < -0.4 is 5.32 Å². The van der Waals surface area contributed by atoms with Crippen LogP contribution in [-0.2, 0) is 7.05 Å². The van der Waals surface area contributed by atoms with Gasteiger partial charge < -0.3 is 5.32 Å². The van der Waals surface area contributed by atoms with Crippen molar-refractivity contribution in [1.29, 1.82) is 0 Å². The number of tetrazole rings is 1. The molecule has 25 heavy (non-hydrogen) atoms. The van der Waals surface area contributed by atoms with E-state index in [4.69, 9.17) is 0 Å². The predicted octanol–water partition coefficient (Wildman–Crippen LogP) is 3.28. The van der Waals surface area contributed by atoms with E-state index >= 15 is 0 Å². The third-order valence-electron chi connectivity index (χ3n) is 4.01. The Morgan fingerprint density at radius 1 is 0.960 bits per heavy atom. The van der Waals surface area contributed by atoms with Crippen LogP contribution in [0.25, 0.3) is 22.2 Å². The molecule has 1 heterocycles. The molecule has 0 bridgehead atoms. The zero-order chi connectivity index (χ0) is 17.2. The van der Waals surface area contributed by atoms with Gasteiger partial charge in [0.1, 0.15) is 0 Å². The quantitative estimate of drug-likeness (QED) is 0.626. The van der Waals surface area contributed by atoms with Crippen molar-refractivity contribution in [3.05, 3.63) is 72.3 Å². The largest absolute Gasteiger partial charge is 0.322 e. The van der Waals surface area contributed by atoms with Crippen molar-refractivity contribution in [1.82, 2.24) is 20.2 Å². The lowest BCUT2D eigenvalue weighted by molar-refractivity contribution is 0.102. The van der Waals surface area contributed by atoms with E-state index in [0.29, 0.717) is 17.1 Å². The Labute approximate surface area is 144 Å². The maximum absolute atomic E-state index is 12.6. The lowest BCUT2D eigenvalue weighted by atomic mass is 10.1. The zero-order valence-electron chi connectivity index (χ0n) is 13.5. The molecule has 4 aromatic rings. The minimum Gasteiger partial charge on any atom is -0.322 e. The number of nitrogens with zero attached hydrogens (tertiary/aromatic N) is 4. The van der Waals surface area contributed by atoms with Crippen LogP contribution in [0.3, 0.4) is 0 Å². The van der Waals surface area contributed by atoms with Gasteiger partial charge >= 0.3 is 0 Å². The van der Waals surface area contributed by atoms with Crippen LogP contribution in [-0.4, -0.2) is 26.1 Å². The summed E-state index contributed by atoms with van der Waals surface area (Å²) in [5.41, 5.74) is 2.15. The first-order chi connectivity index (χ1) is 12.2. The fourth-order valence-corrected chi connectivity index (χ4v) is 2.74. The molecule has 1 amide bonds. The average molecular weight is 329 g/mol. The average Bonchev–Trinajstić information content (AvgIpc) is 3.07. The molecule has 4 rings (SSSR count). The molecular formula is C19H15N5O. The summed E-state index contributed by atoms with van der Waals surface area (Å²) in [5.74, 6) is 0.487. The van der Waals surface area contributed by atoms with Crippen LogP contribution in [0.2, 0.25) is 0 Å². The maximum Gasteiger partial charge on any atom is 0.255 e. The standard InChI is InChI=1S/C19H15N5O/c1-24-18(21-22-23-24)15-7-4-8-17(12-15)20-19(25)16-10-9-13-5-2-3-6-14(13)11-16/h2-12H,1H3,(H,20,25). The molecular weight excluding hydrogens is 314 g/mol. The summed E-state index contributed by atoms with van der Waals surface area (Å²) in [4.78, 5) is 12.6. The number of fused-ring (bicyclic) bond motifs is 1. The minimum atomic E-state index is -0.154. The molecule has 0 aliphatic carbocycles. The fraction of sp³-hybridized carbons (Fsp3) is 0.0526. The second-order valence-corrected chi connectivity index (χ2v) is 5.72. The fourth-order valence-electron chi connectivity index (χ4n) is 2.74. The van der Waals surface area contributed by atoms with Crippen LogP contribution in [0.1, 0.15) is 10.4 Å². The van der Waals surface area contributed by atoms with Gasteiger partial charge in [0.2, 0.25) is 0 Å². The molecule has 0 saturated heterocycles. The summed E-state index contributed by atoms with van der Waals surface area (Å²) < 4.78 is 1.59. The molecule has 0 radical (unpaired) electrons. The summed E-state index contributed by atoms with van der Waals surface area (Å²) in [6.45, 7) is 0. The van der Waals surface area contributed by atoms with Gasteiger partial charge in [-0.25, -0.2) is 4.68 Å². The van der Waals surface area contributed by atoms with E-state index in [0.717, 1.165) is 16.3 Å². The normalized spacial score (nSPS) is 10.8. The SMILES string of the molecule is Cn1nnnc1-c1cccc(NC(=O)c2ccc3ccccc3c2)c1. The van der Waals surface area contributed by atoms with E-state index in [1.54, 1.807) is 11.7 Å². The molecule has 0 saturated carbocycles. The third kappa shape index (κ3) is 2.97. The Morgan fingerprint density at radius 2 is 1.80 bits per heavy atom. The van der Waals surface area contributed by atoms with Gasteiger partial charge in [0.25, 0.3) is 5.91 Å². The lowest BCUT2D eigenvalue weighted by Gasteiger charge is -2.08. The number of benzene rings is 3. The van der Waals surface area contributed by atoms with Gasteiger partial charge in [0, 0.05) is 23.9 Å². The molecule has 0 spiro atoms. The molecule has 0 atom stereocenters. The van der Waals surface area contributed by atoms with E-state index < -0.39 is 0 Å². The molecule has 122 valence electrons. The highest BCUT2D eigenvalue weighted by molar-refractivity contribution is 6.06. The Bertz CT molecular complexity index is 1070. The van der Waals surface area contributed by atoms with Crippen molar-refractivity contribution >= 4 is 22.4 Å². The van der Waals surface area contributed by atoms with Crippen LogP contribution in [0.15, 0.2) is 66.7 Å². The molecule has 1 N–H and O–H groups in total. The minimum absolute atomic E-state index is 0.154. The van der Waals surface area contributed by atoms with Gasteiger partial charge in [0.15, 0.2) is 5.82 Å². The second kappa shape index (κ2) is 6.16. The van der Waals surface area contributed by atoms with Crippen molar-refractivity contribution in [2.75, 3.05) is 5.32 Å². The van der Waals surface area contributed by atoms with E-state index in [1.165, 1.54) is 0 Å². The molecule has 3 aromatic carbocycles. The summed E-state index contributed by atoms with van der Waals surface area (Å²) >= 11 is 0. The Balaban J connectivity index is 1.61. The monoisotopic (exact) mass is 329 g/mol. The van der Waals surface area contributed by atoms with Gasteiger partial charge in [0.05, 0.1) is 0 Å². The van der Waals surface area contributed by atoms with Crippen molar-refractivity contribution in [3.8, 4) is 11.4 Å². The number of nitrogens with one attached hydrogen (secondary N) is 1. The third-order valence-corrected chi connectivity index (χ3v) is 4.01. The summed E-state index contributed by atoms with van der Waals surface area (Å²) in [5, 5.41) is 16.5. The van der Waals surface area contributed by atoms with Crippen molar-refractivity contribution in [3.63, 3.8) is 0 Å². The Hall–Kier alpha value is -3.54. The lowest BCUT2D eigenvalue weighted by Crippen LogP contribution is -2.11. The number of amides is 1. The van der Waals surface area contributed by atoms with Gasteiger partial charge in [-0.3, -0.25) is 4.79 Å². The van der Waals surface area contributed by atoms with Crippen molar-refractivity contribution in [2.45, 2.75) is 0 Å². The van der Waals surface area contributed by atoms with Crippen LogP contribution in [0.4, 0.5) is 5.69 Å². The first-order valence-electron chi connectivity index (χ1n) is 7.84. The second-order valence-electron chi connectivity index (χ2n) is 5.72. The molecule has 0 fully saturated rings. The highest BCUT2D eigenvalue weighted by Gasteiger charge is 2.10. The van der Waals surface area contributed by atoms with Gasteiger partial charge in [-0.1, -0.05) is 42.5 Å². The summed E-state index contributed by atoms with van der Waals surface area (Å²) in [6, 6.07) is 21.1. The van der Waals surface area contributed by atoms with E-state index in [9.17, 15) is 4.79 Å². The topological polar surface area (TPSA) is 72.7 Å². The molecule has 0 aliphatic rings. The number of carbonyl (C=O) groups excluding carboxylic acids is 1. The summed E-state index contributed by atoms with van der Waals surface area (Å²) in [6.07, 6.45) is 0. The van der Waals surface area contributed by atoms with E-state index in [-0.39, 0.29) is 5.91 Å². The zero-order valence-corrected chi connectivity index (χ0v) is 13.5. The Morgan fingerprint density at radius 3 is 2.60 bits per heavy atom. The van der Waals surface area contributed by atoms with E-state index in [2.05, 4.69) is 20.8 Å². The molecule has 0 unspecified atom stereocenters. The van der Waals surface area contributed by atoms with Crippen LogP contribution >= 0.6 is 0 Å². The van der Waals surface area contributed by atoms with E-state index in [1.807, 2.05) is 66.7 Å². The number of aryl methyl sites for hydroxylation is 1. The molecule has 0 aliphatic heterocycles. The number of carbonyl (C=O) groups is 1. The van der Waals surface area contributed by atoms with Gasteiger partial charge in [-0.2, -0.15) is 0 Å². The van der Waals surface area contributed by atoms with Crippen LogP contribution in [0, 0.1) is 0 Å². The highest BCUT2D eigenvalue weighted by atomic mass is 16.1. The molecule has 6 nitrogen and oxygen atoms in total.